The zero-order valence-electron chi connectivity index (χ0n) is 16.1. The molecule has 0 saturated carbocycles. The molecule has 2 aromatic rings. The van der Waals surface area contributed by atoms with Crippen LogP contribution in [0.1, 0.15) is 20.7 Å². The summed E-state index contributed by atoms with van der Waals surface area (Å²) in [6, 6.07) is 8.55. The third-order valence-corrected chi connectivity index (χ3v) is 4.11. The number of halogens is 1. The fraction of sp³-hybridized carbons (Fsp3) is 0.211. The summed E-state index contributed by atoms with van der Waals surface area (Å²) in [5, 5.41) is 38.5. The summed E-state index contributed by atoms with van der Waals surface area (Å²) in [7, 11) is 0. The Bertz CT molecular complexity index is 1010. The molecule has 0 radical (unpaired) electrons. The molecular formula is C19H16FN3O9. The third-order valence-electron chi connectivity index (χ3n) is 4.11. The van der Waals surface area contributed by atoms with Gasteiger partial charge in [-0.25, -0.2) is 14.0 Å². The number of aliphatic hydroxyl groups excluding tert-OH is 1. The first-order valence-electron chi connectivity index (χ1n) is 8.83. The van der Waals surface area contributed by atoms with Crippen LogP contribution in [-0.2, 0) is 9.47 Å². The fourth-order valence-electron chi connectivity index (χ4n) is 2.42. The van der Waals surface area contributed by atoms with Crippen LogP contribution in [0.3, 0.4) is 0 Å². The number of alkyl halides is 1. The number of non-ortho nitro benzene ring substituents is 2. The van der Waals surface area contributed by atoms with Crippen LogP contribution >= 0.6 is 0 Å². The number of nitrogens with zero attached hydrogens (tertiary/aromatic N) is 2. The molecule has 0 aromatic heterocycles. The van der Waals surface area contributed by atoms with E-state index in [9.17, 15) is 39.3 Å². The van der Waals surface area contributed by atoms with E-state index in [-0.39, 0.29) is 28.7 Å². The number of hydrogen-bond donors (Lipinski definition) is 2. The van der Waals surface area contributed by atoms with Gasteiger partial charge in [-0.1, -0.05) is 0 Å². The minimum absolute atomic E-state index is 0.0777. The van der Waals surface area contributed by atoms with E-state index in [1.54, 1.807) is 0 Å². The van der Waals surface area contributed by atoms with Gasteiger partial charge in [0.1, 0.15) is 12.7 Å². The summed E-state index contributed by atoms with van der Waals surface area (Å²) in [4.78, 5) is 44.2. The van der Waals surface area contributed by atoms with Crippen molar-refractivity contribution in [2.45, 2.75) is 18.4 Å². The van der Waals surface area contributed by atoms with Gasteiger partial charge in [-0.2, -0.15) is 0 Å². The van der Waals surface area contributed by atoms with Crippen molar-refractivity contribution < 1.29 is 38.4 Å². The zero-order valence-corrected chi connectivity index (χ0v) is 16.1. The second kappa shape index (κ2) is 10.7. The monoisotopic (exact) mass is 449 g/mol. The van der Waals surface area contributed by atoms with E-state index in [1.165, 1.54) is 0 Å². The molecule has 0 aliphatic carbocycles. The number of esters is 2. The molecule has 2 rings (SSSR count). The van der Waals surface area contributed by atoms with E-state index in [4.69, 9.17) is 14.9 Å². The third kappa shape index (κ3) is 6.12. The van der Waals surface area contributed by atoms with Crippen LogP contribution in [0, 0.1) is 25.6 Å². The molecule has 0 heterocycles. The maximum atomic E-state index is 14.1. The summed E-state index contributed by atoms with van der Waals surface area (Å²) in [5.74, 6) is -2.11. The summed E-state index contributed by atoms with van der Waals surface area (Å²) in [5.41, 5.74) is -0.802. The van der Waals surface area contributed by atoms with Gasteiger partial charge in [0.05, 0.1) is 21.0 Å². The number of rotatable bonds is 10. The normalized spacial score (nSPS) is 13.3. The average molecular weight is 449 g/mol. The zero-order chi connectivity index (χ0) is 23.8. The van der Waals surface area contributed by atoms with Gasteiger partial charge in [-0.3, -0.25) is 20.2 Å². The molecule has 1 unspecified atom stereocenters. The number of ether oxygens (including phenoxy) is 2. The molecular weight excluding hydrogens is 433 g/mol. The molecule has 13 heteroatoms. The SMILES string of the molecule is N=C[C@@H](F)C(OC(=O)c1ccc([N+](=O)[O-])cc1)[C@H](O)COC(=O)c1ccc([N+](=O)[O-])cc1. The highest BCUT2D eigenvalue weighted by molar-refractivity contribution is 5.90. The smallest absolute Gasteiger partial charge is 0.338 e. The van der Waals surface area contributed by atoms with E-state index in [2.05, 4.69) is 0 Å². The van der Waals surface area contributed by atoms with Crippen LogP contribution < -0.4 is 0 Å². The van der Waals surface area contributed by atoms with Crippen molar-refractivity contribution in [1.82, 2.24) is 0 Å². The van der Waals surface area contributed by atoms with Crippen molar-refractivity contribution in [3.8, 4) is 0 Å². The highest BCUT2D eigenvalue weighted by atomic mass is 19.1. The van der Waals surface area contributed by atoms with Crippen LogP contribution in [0.25, 0.3) is 0 Å². The van der Waals surface area contributed by atoms with Crippen molar-refractivity contribution in [2.75, 3.05) is 6.61 Å². The largest absolute Gasteiger partial charge is 0.459 e. The first-order valence-corrected chi connectivity index (χ1v) is 8.83. The molecule has 0 amide bonds. The number of aliphatic hydroxyl groups is 1. The topological polar surface area (TPSA) is 183 Å². The average Bonchev–Trinajstić information content (AvgIpc) is 2.80. The first kappa shape index (κ1) is 24.0. The predicted octanol–water partition coefficient (Wildman–Crippen LogP) is 2.23. The van der Waals surface area contributed by atoms with Gasteiger partial charge in [0.2, 0.25) is 0 Å². The second-order valence-electron chi connectivity index (χ2n) is 6.25. The number of nitro benzene ring substituents is 2. The van der Waals surface area contributed by atoms with Crippen LogP contribution in [-0.4, -0.2) is 58.1 Å². The molecule has 0 bridgehead atoms. The Morgan fingerprint density at radius 2 is 1.41 bits per heavy atom. The van der Waals surface area contributed by atoms with E-state index >= 15 is 0 Å². The standard InChI is InChI=1S/C19H16FN3O9/c20-15(9-21)17(32-19(26)12-3-7-14(8-4-12)23(29)30)16(24)10-31-18(25)11-1-5-13(6-2-11)22(27)28/h1-9,15-17,21,24H,10H2/t15-,16-,17?/m1/s1. The molecule has 32 heavy (non-hydrogen) atoms. The first-order chi connectivity index (χ1) is 15.1. The van der Waals surface area contributed by atoms with Crippen molar-refractivity contribution in [3.05, 3.63) is 79.9 Å². The molecule has 0 spiro atoms. The Kier molecular flexibility index (Phi) is 8.01. The van der Waals surface area contributed by atoms with Gasteiger partial charge in [-0.05, 0) is 24.3 Å². The van der Waals surface area contributed by atoms with Gasteiger partial charge >= 0.3 is 11.9 Å². The van der Waals surface area contributed by atoms with E-state index < -0.39 is 46.8 Å². The number of benzene rings is 2. The van der Waals surface area contributed by atoms with Crippen LogP contribution in [0.4, 0.5) is 15.8 Å². The minimum atomic E-state index is -2.25. The highest BCUT2D eigenvalue weighted by Gasteiger charge is 2.32. The molecule has 0 saturated heterocycles. The Labute approximate surface area is 179 Å². The van der Waals surface area contributed by atoms with Gasteiger partial charge in [0, 0.05) is 30.5 Å². The van der Waals surface area contributed by atoms with Crippen LogP contribution in [0.15, 0.2) is 48.5 Å². The number of hydrogen-bond acceptors (Lipinski definition) is 10. The van der Waals surface area contributed by atoms with Crippen molar-refractivity contribution >= 4 is 29.5 Å². The summed E-state index contributed by atoms with van der Waals surface area (Å²) < 4.78 is 23.8. The maximum absolute atomic E-state index is 14.1. The second-order valence-corrected chi connectivity index (χ2v) is 6.25. The molecule has 12 nitrogen and oxygen atoms in total. The quantitative estimate of drug-likeness (QED) is 0.238. The minimum Gasteiger partial charge on any atom is -0.459 e. The van der Waals surface area contributed by atoms with Crippen molar-refractivity contribution in [3.63, 3.8) is 0 Å². The highest BCUT2D eigenvalue weighted by Crippen LogP contribution is 2.17. The van der Waals surface area contributed by atoms with Gasteiger partial charge in [-0.15, -0.1) is 0 Å². The number of carbonyl (C=O) groups is 2. The lowest BCUT2D eigenvalue weighted by molar-refractivity contribution is -0.385. The van der Waals surface area contributed by atoms with Gasteiger partial charge in [0.25, 0.3) is 11.4 Å². The molecule has 0 fully saturated rings. The van der Waals surface area contributed by atoms with E-state index in [0.717, 1.165) is 48.5 Å². The Morgan fingerprint density at radius 1 is 0.969 bits per heavy atom. The number of carbonyl (C=O) groups excluding carboxylic acids is 2. The summed E-state index contributed by atoms with van der Waals surface area (Å²) in [6.07, 6.45) is -5.75. The molecule has 168 valence electrons. The lowest BCUT2D eigenvalue weighted by atomic mass is 10.1. The van der Waals surface area contributed by atoms with Gasteiger partial charge in [0.15, 0.2) is 12.3 Å². The lowest BCUT2D eigenvalue weighted by Gasteiger charge is -2.24. The maximum Gasteiger partial charge on any atom is 0.338 e. The Morgan fingerprint density at radius 3 is 1.81 bits per heavy atom. The summed E-state index contributed by atoms with van der Waals surface area (Å²) >= 11 is 0. The van der Waals surface area contributed by atoms with E-state index in [0.29, 0.717) is 0 Å². The molecule has 0 aliphatic rings. The van der Waals surface area contributed by atoms with E-state index in [1.807, 2.05) is 0 Å². The predicted molar refractivity (Wildman–Crippen MR) is 105 cm³/mol. The van der Waals surface area contributed by atoms with Crippen LogP contribution in [0.2, 0.25) is 0 Å². The molecule has 0 aliphatic heterocycles. The van der Waals surface area contributed by atoms with Crippen LogP contribution in [0.5, 0.6) is 0 Å². The number of nitro groups is 2. The molecule has 2 aromatic carbocycles. The summed E-state index contributed by atoms with van der Waals surface area (Å²) in [6.45, 7) is -0.817. The number of nitrogens with one attached hydrogen (secondary N) is 1. The molecule has 3 atom stereocenters. The van der Waals surface area contributed by atoms with Gasteiger partial charge < -0.3 is 20.0 Å². The Hall–Kier alpha value is -4.26. The Balaban J connectivity index is 2.03. The lowest BCUT2D eigenvalue weighted by Crippen LogP contribution is -2.42. The molecule has 2 N–H and O–H groups in total. The fourth-order valence-corrected chi connectivity index (χ4v) is 2.42. The van der Waals surface area contributed by atoms with Crippen molar-refractivity contribution in [2.24, 2.45) is 0 Å². The van der Waals surface area contributed by atoms with Crippen molar-refractivity contribution in [1.29, 1.82) is 5.41 Å².